The van der Waals surface area contributed by atoms with Gasteiger partial charge in [-0.25, -0.2) is 8.42 Å². The van der Waals surface area contributed by atoms with Crippen LogP contribution in [0.5, 0.6) is 5.75 Å². The number of nitrogens with zero attached hydrogens (tertiary/aromatic N) is 2. The third-order valence-electron chi connectivity index (χ3n) is 6.80. The Morgan fingerprint density at radius 3 is 2.12 bits per heavy atom. The quantitative estimate of drug-likeness (QED) is 0.220. The van der Waals surface area contributed by atoms with E-state index < -0.39 is 28.5 Å². The maximum Gasteiger partial charge on any atom is 0.264 e. The Morgan fingerprint density at radius 2 is 1.57 bits per heavy atom. The minimum atomic E-state index is -4.16. The molecule has 2 amide bonds. The molecule has 8 nitrogen and oxygen atoms in total. The zero-order valence-electron chi connectivity index (χ0n) is 24.5. The lowest BCUT2D eigenvalue weighted by Crippen LogP contribution is -2.52. The summed E-state index contributed by atoms with van der Waals surface area (Å²) in [6.45, 7) is 7.37. The van der Waals surface area contributed by atoms with Crippen molar-refractivity contribution >= 4 is 50.9 Å². The second kappa shape index (κ2) is 15.3. The Hall–Kier alpha value is -3.21. The number of carbonyl (C=O) groups excluding carboxylic acids is 2. The second-order valence-corrected chi connectivity index (χ2v) is 12.9. The summed E-state index contributed by atoms with van der Waals surface area (Å²) in [4.78, 5) is 29.6. The first kappa shape index (κ1) is 33.3. The molecule has 2 unspecified atom stereocenters. The van der Waals surface area contributed by atoms with Crippen molar-refractivity contribution in [1.29, 1.82) is 0 Å². The molecule has 0 bridgehead atoms. The van der Waals surface area contributed by atoms with E-state index in [0.717, 1.165) is 21.2 Å². The highest BCUT2D eigenvalue weighted by Gasteiger charge is 2.33. The summed E-state index contributed by atoms with van der Waals surface area (Å²) >= 11 is 7.56. The van der Waals surface area contributed by atoms with E-state index in [0.29, 0.717) is 23.1 Å². The van der Waals surface area contributed by atoms with Crippen molar-refractivity contribution in [3.05, 3.63) is 83.4 Å². The number of hydrogen-bond acceptors (Lipinski definition) is 6. The van der Waals surface area contributed by atoms with Crippen molar-refractivity contribution in [3.63, 3.8) is 0 Å². The molecule has 0 saturated heterocycles. The molecule has 0 aliphatic heterocycles. The van der Waals surface area contributed by atoms with Gasteiger partial charge in [0.2, 0.25) is 11.8 Å². The molecular formula is C31H38ClN3O5S2. The van der Waals surface area contributed by atoms with Crippen LogP contribution in [0.1, 0.15) is 39.7 Å². The van der Waals surface area contributed by atoms with E-state index in [9.17, 15) is 18.0 Å². The maximum absolute atomic E-state index is 14.0. The lowest BCUT2D eigenvalue weighted by molar-refractivity contribution is -0.139. The number of sulfonamides is 1. The van der Waals surface area contributed by atoms with Gasteiger partial charge in [0.15, 0.2) is 0 Å². The number of carbonyl (C=O) groups is 2. The minimum Gasteiger partial charge on any atom is -0.494 e. The number of rotatable bonds is 14. The summed E-state index contributed by atoms with van der Waals surface area (Å²) in [5, 5.41) is 3.47. The smallest absolute Gasteiger partial charge is 0.264 e. The molecule has 0 aromatic heterocycles. The SMILES string of the molecule is CCOc1ccc(N(CC(=O)N(Cc2ccc(Cl)cc2)C(C)C(=O)NC(C)CC)S(=O)(=O)c2ccc(SC)cc2)cc1. The van der Waals surface area contributed by atoms with Gasteiger partial charge in [0.25, 0.3) is 10.0 Å². The first-order valence-corrected chi connectivity index (χ1v) is 16.8. The Bertz CT molecular complexity index is 1430. The van der Waals surface area contributed by atoms with Crippen LogP contribution in [0, 0.1) is 0 Å². The molecule has 0 saturated carbocycles. The normalized spacial score (nSPS) is 12.7. The Labute approximate surface area is 258 Å². The number of hydrogen-bond donors (Lipinski definition) is 1. The summed E-state index contributed by atoms with van der Waals surface area (Å²) in [7, 11) is -4.16. The number of anilines is 1. The molecule has 0 radical (unpaired) electrons. The highest BCUT2D eigenvalue weighted by Crippen LogP contribution is 2.28. The van der Waals surface area contributed by atoms with Crippen molar-refractivity contribution in [2.75, 3.05) is 23.7 Å². The van der Waals surface area contributed by atoms with Crippen molar-refractivity contribution < 1.29 is 22.7 Å². The van der Waals surface area contributed by atoms with Crippen LogP contribution in [0.4, 0.5) is 5.69 Å². The largest absolute Gasteiger partial charge is 0.494 e. The lowest BCUT2D eigenvalue weighted by atomic mass is 10.1. The van der Waals surface area contributed by atoms with E-state index in [1.807, 2.05) is 27.0 Å². The van der Waals surface area contributed by atoms with Gasteiger partial charge < -0.3 is 15.0 Å². The van der Waals surface area contributed by atoms with Gasteiger partial charge in [0.05, 0.1) is 17.2 Å². The standard InChI is InChI=1S/C31H38ClN3O5S2/c1-6-22(3)33-31(37)23(4)34(20-24-8-10-25(32)11-9-24)30(36)21-35(26-12-14-27(15-13-26)40-7-2)42(38,39)29-18-16-28(41-5)17-19-29/h8-19,22-23H,6-7,20-21H2,1-5H3,(H,33,37). The van der Waals surface area contributed by atoms with Crippen LogP contribution in [0.2, 0.25) is 5.02 Å². The highest BCUT2D eigenvalue weighted by atomic mass is 35.5. The highest BCUT2D eigenvalue weighted by molar-refractivity contribution is 7.98. The van der Waals surface area contributed by atoms with Gasteiger partial charge in [-0.2, -0.15) is 0 Å². The number of ether oxygens (including phenoxy) is 1. The van der Waals surface area contributed by atoms with E-state index in [2.05, 4.69) is 5.32 Å². The van der Waals surface area contributed by atoms with Gasteiger partial charge in [-0.05, 0) is 99.7 Å². The van der Waals surface area contributed by atoms with Gasteiger partial charge in [0.1, 0.15) is 18.3 Å². The molecule has 42 heavy (non-hydrogen) atoms. The van der Waals surface area contributed by atoms with E-state index in [1.165, 1.54) is 28.8 Å². The summed E-state index contributed by atoms with van der Waals surface area (Å²) in [5.74, 6) is -0.279. The average molecular weight is 632 g/mol. The Morgan fingerprint density at radius 1 is 0.952 bits per heavy atom. The molecule has 0 fully saturated rings. The van der Waals surface area contributed by atoms with Crippen LogP contribution in [0.15, 0.2) is 82.6 Å². The van der Waals surface area contributed by atoms with Crippen molar-refractivity contribution in [2.45, 2.75) is 62.5 Å². The van der Waals surface area contributed by atoms with Crippen LogP contribution < -0.4 is 14.4 Å². The second-order valence-electron chi connectivity index (χ2n) is 9.76. The van der Waals surface area contributed by atoms with Crippen LogP contribution in [-0.2, 0) is 26.2 Å². The van der Waals surface area contributed by atoms with Crippen LogP contribution in [0.3, 0.4) is 0 Å². The fourth-order valence-electron chi connectivity index (χ4n) is 4.11. The Balaban J connectivity index is 2.03. The molecular weight excluding hydrogens is 594 g/mol. The number of thioether (sulfide) groups is 1. The summed E-state index contributed by atoms with van der Waals surface area (Å²) in [6, 6.07) is 19.1. The van der Waals surface area contributed by atoms with Gasteiger partial charge >= 0.3 is 0 Å². The predicted octanol–water partition coefficient (Wildman–Crippen LogP) is 5.99. The molecule has 0 heterocycles. The first-order valence-electron chi connectivity index (χ1n) is 13.7. The number of nitrogens with one attached hydrogen (secondary N) is 1. The number of benzene rings is 3. The molecule has 11 heteroatoms. The molecule has 2 atom stereocenters. The van der Waals surface area contributed by atoms with Gasteiger partial charge in [-0.15, -0.1) is 11.8 Å². The van der Waals surface area contributed by atoms with Crippen LogP contribution >= 0.6 is 23.4 Å². The molecule has 3 rings (SSSR count). The van der Waals surface area contributed by atoms with Gasteiger partial charge in [-0.1, -0.05) is 30.7 Å². The zero-order valence-corrected chi connectivity index (χ0v) is 26.9. The fourth-order valence-corrected chi connectivity index (χ4v) is 6.06. The monoisotopic (exact) mass is 631 g/mol. The fraction of sp³-hybridized carbons (Fsp3) is 0.355. The van der Waals surface area contributed by atoms with Crippen molar-refractivity contribution in [1.82, 2.24) is 10.2 Å². The number of halogens is 1. The first-order chi connectivity index (χ1) is 20.0. The van der Waals surface area contributed by atoms with E-state index in [1.54, 1.807) is 67.6 Å². The zero-order chi connectivity index (χ0) is 30.9. The average Bonchev–Trinajstić information content (AvgIpc) is 2.99. The minimum absolute atomic E-state index is 0.0498. The molecule has 0 aliphatic rings. The third kappa shape index (κ3) is 8.65. The molecule has 226 valence electrons. The molecule has 3 aromatic carbocycles. The predicted molar refractivity (Wildman–Crippen MR) is 170 cm³/mol. The van der Waals surface area contributed by atoms with E-state index >= 15 is 0 Å². The van der Waals surface area contributed by atoms with Gasteiger partial charge in [-0.3, -0.25) is 13.9 Å². The van der Waals surface area contributed by atoms with Gasteiger partial charge in [0, 0.05) is 22.5 Å². The lowest BCUT2D eigenvalue weighted by Gasteiger charge is -2.32. The third-order valence-corrected chi connectivity index (χ3v) is 9.58. The van der Waals surface area contributed by atoms with Crippen LogP contribution in [0.25, 0.3) is 0 Å². The van der Waals surface area contributed by atoms with Crippen molar-refractivity contribution in [2.24, 2.45) is 0 Å². The molecule has 0 spiro atoms. The number of amides is 2. The maximum atomic E-state index is 14.0. The van der Waals surface area contributed by atoms with E-state index in [-0.39, 0.29) is 23.4 Å². The molecule has 3 aromatic rings. The van der Waals surface area contributed by atoms with Crippen LogP contribution in [-0.4, -0.2) is 56.6 Å². The van der Waals surface area contributed by atoms with Crippen molar-refractivity contribution in [3.8, 4) is 5.75 Å². The summed E-state index contributed by atoms with van der Waals surface area (Å²) in [5.41, 5.74) is 1.04. The topological polar surface area (TPSA) is 96.0 Å². The summed E-state index contributed by atoms with van der Waals surface area (Å²) in [6.07, 6.45) is 2.63. The molecule has 1 N–H and O–H groups in total. The molecule has 0 aliphatic carbocycles. The summed E-state index contributed by atoms with van der Waals surface area (Å²) < 4.78 is 34.6. The van der Waals surface area contributed by atoms with E-state index in [4.69, 9.17) is 16.3 Å². The Kier molecular flexibility index (Phi) is 12.1.